The first kappa shape index (κ1) is 11.4. The molecule has 15 heavy (non-hydrogen) atoms. The lowest BCUT2D eigenvalue weighted by Crippen LogP contribution is -2.42. The maximum absolute atomic E-state index is 11.3. The first-order valence-corrected chi connectivity index (χ1v) is 7.47. The van der Waals surface area contributed by atoms with Crippen LogP contribution in [-0.4, -0.2) is 18.2 Å². The van der Waals surface area contributed by atoms with Gasteiger partial charge in [-0.2, -0.15) is 8.42 Å². The van der Waals surface area contributed by atoms with E-state index in [4.69, 9.17) is 0 Å². The van der Waals surface area contributed by atoms with Crippen LogP contribution in [0.1, 0.15) is 45.4 Å². The standard InChI is InChI=1S/C11H20O3S/c1-8-4-2-6-10-9(8)5-3-7-11(10)15(12,13)14/h8-11H,2-7H2,1H3,(H,12,13,14). The van der Waals surface area contributed by atoms with Gasteiger partial charge >= 0.3 is 0 Å². The van der Waals surface area contributed by atoms with Gasteiger partial charge in [0.25, 0.3) is 10.1 Å². The summed E-state index contributed by atoms with van der Waals surface area (Å²) >= 11 is 0. The minimum absolute atomic E-state index is 0.220. The lowest BCUT2D eigenvalue weighted by Gasteiger charge is -2.43. The van der Waals surface area contributed by atoms with Gasteiger partial charge in [-0.25, -0.2) is 0 Å². The van der Waals surface area contributed by atoms with Crippen LogP contribution in [0.5, 0.6) is 0 Å². The van der Waals surface area contributed by atoms with Crippen LogP contribution in [-0.2, 0) is 10.1 Å². The molecule has 0 radical (unpaired) electrons. The van der Waals surface area contributed by atoms with E-state index in [2.05, 4.69) is 6.92 Å². The lowest BCUT2D eigenvalue weighted by molar-refractivity contribution is 0.114. The largest absolute Gasteiger partial charge is 0.285 e. The van der Waals surface area contributed by atoms with Crippen LogP contribution >= 0.6 is 0 Å². The summed E-state index contributed by atoms with van der Waals surface area (Å²) in [6.07, 6.45) is 6.09. The van der Waals surface area contributed by atoms with E-state index in [1.807, 2.05) is 0 Å². The average Bonchev–Trinajstić information content (AvgIpc) is 2.16. The van der Waals surface area contributed by atoms with Gasteiger partial charge in [-0.15, -0.1) is 0 Å². The molecular formula is C11H20O3S. The Labute approximate surface area is 92.0 Å². The highest BCUT2D eigenvalue weighted by molar-refractivity contribution is 7.86. The molecule has 0 aromatic heterocycles. The summed E-state index contributed by atoms with van der Waals surface area (Å²) in [5, 5.41) is -0.473. The second-order valence-electron chi connectivity index (χ2n) is 5.22. The van der Waals surface area contributed by atoms with E-state index < -0.39 is 15.4 Å². The molecule has 0 aromatic rings. The van der Waals surface area contributed by atoms with Crippen molar-refractivity contribution in [2.24, 2.45) is 17.8 Å². The molecular weight excluding hydrogens is 212 g/mol. The molecule has 2 aliphatic carbocycles. The average molecular weight is 232 g/mol. The van der Waals surface area contributed by atoms with Gasteiger partial charge in [0.05, 0.1) is 5.25 Å². The third-order valence-electron chi connectivity index (χ3n) is 4.36. The molecule has 0 aromatic carbocycles. The van der Waals surface area contributed by atoms with Gasteiger partial charge in [0.15, 0.2) is 0 Å². The van der Waals surface area contributed by atoms with Gasteiger partial charge in [0.1, 0.15) is 0 Å². The molecule has 4 unspecified atom stereocenters. The molecule has 2 fully saturated rings. The smallest absolute Gasteiger partial charge is 0.268 e. The molecule has 88 valence electrons. The Balaban J connectivity index is 2.21. The Bertz CT molecular complexity index is 323. The van der Waals surface area contributed by atoms with Crippen molar-refractivity contribution in [1.82, 2.24) is 0 Å². The van der Waals surface area contributed by atoms with E-state index in [9.17, 15) is 13.0 Å². The van der Waals surface area contributed by atoms with Gasteiger partial charge in [-0.1, -0.05) is 26.2 Å². The topological polar surface area (TPSA) is 54.4 Å². The summed E-state index contributed by atoms with van der Waals surface area (Å²) < 4.78 is 31.8. The lowest BCUT2D eigenvalue weighted by atomic mass is 9.66. The maximum Gasteiger partial charge on any atom is 0.268 e. The zero-order valence-corrected chi connectivity index (χ0v) is 10.0. The Morgan fingerprint density at radius 3 is 2.27 bits per heavy atom. The third kappa shape index (κ3) is 2.21. The summed E-state index contributed by atoms with van der Waals surface area (Å²) in [6, 6.07) is 0. The van der Waals surface area contributed by atoms with Crippen molar-refractivity contribution in [1.29, 1.82) is 0 Å². The van der Waals surface area contributed by atoms with E-state index in [-0.39, 0.29) is 5.92 Å². The van der Waals surface area contributed by atoms with Crippen LogP contribution in [0, 0.1) is 17.8 Å². The van der Waals surface area contributed by atoms with Crippen LogP contribution in [0.2, 0.25) is 0 Å². The highest BCUT2D eigenvalue weighted by Crippen LogP contribution is 2.45. The summed E-state index contributed by atoms with van der Waals surface area (Å²) in [6.45, 7) is 2.23. The van der Waals surface area contributed by atoms with Crippen LogP contribution in [0.4, 0.5) is 0 Å². The third-order valence-corrected chi connectivity index (χ3v) is 5.71. The Morgan fingerprint density at radius 1 is 1.00 bits per heavy atom. The number of hydrogen-bond acceptors (Lipinski definition) is 2. The zero-order valence-electron chi connectivity index (χ0n) is 9.22. The molecule has 4 heteroatoms. The van der Waals surface area contributed by atoms with E-state index in [0.717, 1.165) is 25.7 Å². The van der Waals surface area contributed by atoms with Gasteiger partial charge < -0.3 is 0 Å². The number of rotatable bonds is 1. The van der Waals surface area contributed by atoms with Crippen LogP contribution in [0.3, 0.4) is 0 Å². The highest BCUT2D eigenvalue weighted by atomic mass is 32.2. The molecule has 4 atom stereocenters. The van der Waals surface area contributed by atoms with E-state index in [1.54, 1.807) is 0 Å². The van der Waals surface area contributed by atoms with E-state index in [1.165, 1.54) is 6.42 Å². The molecule has 2 aliphatic rings. The zero-order chi connectivity index (χ0) is 11.1. The van der Waals surface area contributed by atoms with Crippen molar-refractivity contribution < 1.29 is 13.0 Å². The first-order chi connectivity index (χ1) is 7.00. The second kappa shape index (κ2) is 4.06. The second-order valence-corrected chi connectivity index (χ2v) is 6.86. The van der Waals surface area contributed by atoms with Gasteiger partial charge in [-0.05, 0) is 37.0 Å². The molecule has 1 N–H and O–H groups in total. The molecule has 0 amide bonds. The van der Waals surface area contributed by atoms with Crippen molar-refractivity contribution in [3.05, 3.63) is 0 Å². The quantitative estimate of drug-likeness (QED) is 0.707. The Morgan fingerprint density at radius 2 is 1.60 bits per heavy atom. The monoisotopic (exact) mass is 232 g/mol. The first-order valence-electron chi connectivity index (χ1n) is 5.96. The summed E-state index contributed by atoms with van der Waals surface area (Å²) in [5.74, 6) is 1.38. The van der Waals surface area contributed by atoms with Crippen molar-refractivity contribution in [2.45, 2.75) is 50.7 Å². The SMILES string of the molecule is CC1CCCC2C1CCCC2S(=O)(=O)O. The molecule has 0 aliphatic heterocycles. The Kier molecular flexibility index (Phi) is 3.08. The normalized spacial score (nSPS) is 42.3. The van der Waals surface area contributed by atoms with Crippen LogP contribution in [0.15, 0.2) is 0 Å². The molecule has 0 saturated heterocycles. The molecule has 0 heterocycles. The molecule has 0 bridgehead atoms. The van der Waals surface area contributed by atoms with E-state index >= 15 is 0 Å². The molecule has 0 spiro atoms. The van der Waals surface area contributed by atoms with Gasteiger partial charge in [-0.3, -0.25) is 4.55 Å². The van der Waals surface area contributed by atoms with Crippen molar-refractivity contribution in [3.8, 4) is 0 Å². The number of hydrogen-bond donors (Lipinski definition) is 1. The predicted octanol–water partition coefficient (Wildman–Crippen LogP) is 2.48. The fraction of sp³-hybridized carbons (Fsp3) is 1.00. The minimum Gasteiger partial charge on any atom is -0.285 e. The predicted molar refractivity (Wildman–Crippen MR) is 59.2 cm³/mol. The van der Waals surface area contributed by atoms with Crippen molar-refractivity contribution >= 4 is 10.1 Å². The van der Waals surface area contributed by atoms with E-state index in [0.29, 0.717) is 18.3 Å². The summed E-state index contributed by atoms with van der Waals surface area (Å²) in [7, 11) is -3.82. The molecule has 2 saturated carbocycles. The number of fused-ring (bicyclic) bond motifs is 1. The van der Waals surface area contributed by atoms with Crippen LogP contribution < -0.4 is 0 Å². The summed E-state index contributed by atoms with van der Waals surface area (Å²) in [4.78, 5) is 0. The molecule has 3 nitrogen and oxygen atoms in total. The van der Waals surface area contributed by atoms with Gasteiger partial charge in [0.2, 0.25) is 0 Å². The molecule has 2 rings (SSSR count). The van der Waals surface area contributed by atoms with Gasteiger partial charge in [0, 0.05) is 0 Å². The fourth-order valence-electron chi connectivity index (χ4n) is 3.62. The summed E-state index contributed by atoms with van der Waals surface area (Å²) in [5.41, 5.74) is 0. The van der Waals surface area contributed by atoms with Crippen molar-refractivity contribution in [2.75, 3.05) is 0 Å². The maximum atomic E-state index is 11.3. The van der Waals surface area contributed by atoms with Crippen LogP contribution in [0.25, 0.3) is 0 Å². The Hall–Kier alpha value is -0.0900. The highest BCUT2D eigenvalue weighted by Gasteiger charge is 2.43. The minimum atomic E-state index is -3.82. The van der Waals surface area contributed by atoms with Crippen molar-refractivity contribution in [3.63, 3.8) is 0 Å². The fourth-order valence-corrected chi connectivity index (χ4v) is 4.87.